The van der Waals surface area contributed by atoms with Gasteiger partial charge < -0.3 is 0 Å². The van der Waals surface area contributed by atoms with E-state index in [9.17, 15) is 0 Å². The Hall–Kier alpha value is -0.780. The molecule has 0 heteroatoms. The van der Waals surface area contributed by atoms with Crippen molar-refractivity contribution in [3.8, 4) is 0 Å². The molecule has 0 spiro atoms. The molecule has 0 aliphatic heterocycles. The Morgan fingerprint density at radius 1 is 1.13 bits per heavy atom. The topological polar surface area (TPSA) is 0 Å². The minimum absolute atomic E-state index is 0.668. The van der Waals surface area contributed by atoms with Gasteiger partial charge in [0, 0.05) is 0 Å². The molecule has 0 heterocycles. The maximum Gasteiger partial charge on any atom is -0.0159 e. The maximum absolute atomic E-state index is 2.36. The molecule has 0 aromatic heterocycles. The molecular formula is C15H22. The normalized spacial score (nSPS) is 17.6. The Bertz CT molecular complexity index is 330. The second kappa shape index (κ2) is 4.38. The third-order valence-electron chi connectivity index (χ3n) is 3.73. The largest absolute Gasteiger partial charge is 0.0617 e. The van der Waals surface area contributed by atoms with Crippen molar-refractivity contribution in [2.45, 2.75) is 58.3 Å². The van der Waals surface area contributed by atoms with Gasteiger partial charge in [-0.3, -0.25) is 0 Å². The summed E-state index contributed by atoms with van der Waals surface area (Å²) in [6, 6.07) is 6.85. The van der Waals surface area contributed by atoms with E-state index >= 15 is 0 Å². The van der Waals surface area contributed by atoms with E-state index in [0.717, 1.165) is 5.92 Å². The highest BCUT2D eigenvalue weighted by Gasteiger charge is 2.21. The first-order valence-electron chi connectivity index (χ1n) is 6.29. The van der Waals surface area contributed by atoms with E-state index in [4.69, 9.17) is 0 Å². The lowest BCUT2D eigenvalue weighted by Crippen LogP contribution is -2.03. The number of benzene rings is 1. The van der Waals surface area contributed by atoms with Crippen LogP contribution in [0.25, 0.3) is 0 Å². The van der Waals surface area contributed by atoms with Gasteiger partial charge in [-0.2, -0.15) is 0 Å². The van der Waals surface area contributed by atoms with Crippen molar-refractivity contribution in [1.29, 1.82) is 0 Å². The fourth-order valence-electron chi connectivity index (χ4n) is 3.08. The van der Waals surface area contributed by atoms with Gasteiger partial charge in [-0.25, -0.2) is 0 Å². The molecule has 0 saturated heterocycles. The van der Waals surface area contributed by atoms with Gasteiger partial charge in [0.1, 0.15) is 0 Å². The Balaban J connectivity index is 2.40. The van der Waals surface area contributed by atoms with Gasteiger partial charge >= 0.3 is 0 Å². The maximum atomic E-state index is 2.36. The molecule has 1 aliphatic rings. The quantitative estimate of drug-likeness (QED) is 0.647. The van der Waals surface area contributed by atoms with Crippen molar-refractivity contribution in [2.24, 2.45) is 0 Å². The van der Waals surface area contributed by atoms with Gasteiger partial charge in [0.2, 0.25) is 0 Å². The van der Waals surface area contributed by atoms with Crippen molar-refractivity contribution in [1.82, 2.24) is 0 Å². The summed E-state index contributed by atoms with van der Waals surface area (Å²) >= 11 is 0. The Kier molecular flexibility index (Phi) is 3.14. The molecule has 0 bridgehead atoms. The lowest BCUT2D eigenvalue weighted by atomic mass is 9.85. The SMILES string of the molecule is Cc1cccc(C2CCCC2)c1C(C)C. The molecule has 0 nitrogen and oxygen atoms in total. The van der Waals surface area contributed by atoms with Crippen molar-refractivity contribution in [2.75, 3.05) is 0 Å². The van der Waals surface area contributed by atoms with Crippen LogP contribution in [0.1, 0.15) is 68.1 Å². The van der Waals surface area contributed by atoms with E-state index in [1.165, 1.54) is 31.2 Å². The zero-order valence-corrected chi connectivity index (χ0v) is 10.2. The minimum atomic E-state index is 0.668. The van der Waals surface area contributed by atoms with Gasteiger partial charge in [0.15, 0.2) is 0 Å². The summed E-state index contributed by atoms with van der Waals surface area (Å²) in [5, 5.41) is 0. The number of aryl methyl sites for hydroxylation is 1. The van der Waals surface area contributed by atoms with E-state index in [0.29, 0.717) is 5.92 Å². The van der Waals surface area contributed by atoms with Crippen molar-refractivity contribution in [3.05, 3.63) is 34.9 Å². The van der Waals surface area contributed by atoms with Gasteiger partial charge in [-0.05, 0) is 48.3 Å². The molecule has 0 amide bonds. The first kappa shape index (κ1) is 10.7. The van der Waals surface area contributed by atoms with E-state index in [-0.39, 0.29) is 0 Å². The van der Waals surface area contributed by atoms with E-state index in [2.05, 4.69) is 39.0 Å². The highest BCUT2D eigenvalue weighted by atomic mass is 14.3. The van der Waals surface area contributed by atoms with Gasteiger partial charge in [-0.15, -0.1) is 0 Å². The Morgan fingerprint density at radius 2 is 1.80 bits per heavy atom. The lowest BCUT2D eigenvalue weighted by molar-refractivity contribution is 0.696. The van der Waals surface area contributed by atoms with E-state index in [1.807, 2.05) is 0 Å². The standard InChI is InChI=1S/C15H22/c1-11(2)15-12(3)7-6-10-14(15)13-8-4-5-9-13/h6-7,10-11,13H,4-5,8-9H2,1-3H3. The van der Waals surface area contributed by atoms with E-state index in [1.54, 1.807) is 11.1 Å². The van der Waals surface area contributed by atoms with Crippen LogP contribution in [0.2, 0.25) is 0 Å². The molecule has 0 radical (unpaired) electrons. The van der Waals surface area contributed by atoms with Crippen molar-refractivity contribution < 1.29 is 0 Å². The first-order valence-corrected chi connectivity index (χ1v) is 6.29. The van der Waals surface area contributed by atoms with Crippen LogP contribution in [0.15, 0.2) is 18.2 Å². The average Bonchev–Trinajstić information content (AvgIpc) is 2.69. The summed E-state index contributed by atoms with van der Waals surface area (Å²) < 4.78 is 0. The van der Waals surface area contributed by atoms with Crippen LogP contribution in [-0.4, -0.2) is 0 Å². The van der Waals surface area contributed by atoms with Crippen molar-refractivity contribution >= 4 is 0 Å². The predicted molar refractivity (Wildman–Crippen MR) is 66.5 cm³/mol. The summed E-state index contributed by atoms with van der Waals surface area (Å²) in [4.78, 5) is 0. The summed E-state index contributed by atoms with van der Waals surface area (Å²) in [6.45, 7) is 6.90. The smallest absolute Gasteiger partial charge is 0.0159 e. The van der Waals surface area contributed by atoms with Crippen LogP contribution in [-0.2, 0) is 0 Å². The molecule has 1 aliphatic carbocycles. The Morgan fingerprint density at radius 3 is 2.40 bits per heavy atom. The molecule has 15 heavy (non-hydrogen) atoms. The first-order chi connectivity index (χ1) is 7.20. The molecule has 1 aromatic carbocycles. The fourth-order valence-corrected chi connectivity index (χ4v) is 3.08. The number of rotatable bonds is 2. The van der Waals surface area contributed by atoms with Gasteiger partial charge in [0.25, 0.3) is 0 Å². The molecule has 82 valence electrons. The minimum Gasteiger partial charge on any atom is -0.0617 e. The molecule has 1 saturated carbocycles. The second-order valence-electron chi connectivity index (χ2n) is 5.21. The number of hydrogen-bond acceptors (Lipinski definition) is 0. The van der Waals surface area contributed by atoms with Crippen LogP contribution in [0.4, 0.5) is 0 Å². The lowest BCUT2D eigenvalue weighted by Gasteiger charge is -2.20. The molecule has 0 atom stereocenters. The number of hydrogen-bond donors (Lipinski definition) is 0. The van der Waals surface area contributed by atoms with Gasteiger partial charge in [0.05, 0.1) is 0 Å². The molecule has 0 N–H and O–H groups in total. The Labute approximate surface area is 93.7 Å². The molecule has 0 unspecified atom stereocenters. The summed E-state index contributed by atoms with van der Waals surface area (Å²) in [5.41, 5.74) is 4.74. The molecule has 2 rings (SSSR count). The zero-order chi connectivity index (χ0) is 10.8. The third kappa shape index (κ3) is 2.09. The van der Waals surface area contributed by atoms with Crippen LogP contribution in [0, 0.1) is 6.92 Å². The van der Waals surface area contributed by atoms with Crippen LogP contribution < -0.4 is 0 Å². The second-order valence-corrected chi connectivity index (χ2v) is 5.21. The zero-order valence-electron chi connectivity index (χ0n) is 10.2. The summed E-state index contributed by atoms with van der Waals surface area (Å²) in [5.74, 6) is 1.52. The van der Waals surface area contributed by atoms with Crippen LogP contribution in [0.3, 0.4) is 0 Å². The third-order valence-corrected chi connectivity index (χ3v) is 3.73. The van der Waals surface area contributed by atoms with Crippen LogP contribution in [0.5, 0.6) is 0 Å². The highest BCUT2D eigenvalue weighted by Crippen LogP contribution is 2.38. The predicted octanol–water partition coefficient (Wildman–Crippen LogP) is 4.78. The highest BCUT2D eigenvalue weighted by molar-refractivity contribution is 5.39. The average molecular weight is 202 g/mol. The van der Waals surface area contributed by atoms with Crippen molar-refractivity contribution in [3.63, 3.8) is 0 Å². The molecular weight excluding hydrogens is 180 g/mol. The monoisotopic (exact) mass is 202 g/mol. The fraction of sp³-hybridized carbons (Fsp3) is 0.600. The van der Waals surface area contributed by atoms with E-state index < -0.39 is 0 Å². The van der Waals surface area contributed by atoms with Crippen LogP contribution >= 0.6 is 0 Å². The van der Waals surface area contributed by atoms with Gasteiger partial charge in [-0.1, -0.05) is 44.9 Å². The molecule has 1 aromatic rings. The molecule has 1 fully saturated rings. The summed E-state index contributed by atoms with van der Waals surface area (Å²) in [6.07, 6.45) is 5.67. The summed E-state index contributed by atoms with van der Waals surface area (Å²) in [7, 11) is 0.